The van der Waals surface area contributed by atoms with E-state index in [2.05, 4.69) is 0 Å². The summed E-state index contributed by atoms with van der Waals surface area (Å²) in [5, 5.41) is 6.82. The van der Waals surface area contributed by atoms with E-state index in [0.29, 0.717) is 23.0 Å². The van der Waals surface area contributed by atoms with Gasteiger partial charge in [0.2, 0.25) is 10.0 Å². The maximum Gasteiger partial charge on any atom is 0.255 e. The number of nitrogens with two attached hydrogens (primary N) is 1. The molecule has 3 rings (SSSR count). The van der Waals surface area contributed by atoms with Crippen LogP contribution in [-0.4, -0.2) is 32.3 Å². The van der Waals surface area contributed by atoms with Gasteiger partial charge in [-0.3, -0.25) is 4.79 Å². The summed E-state index contributed by atoms with van der Waals surface area (Å²) in [6.45, 7) is 3.26. The number of carbonyl (C=O) groups is 1. The number of sulfonamides is 1. The van der Waals surface area contributed by atoms with Crippen LogP contribution in [0.5, 0.6) is 0 Å². The average Bonchev–Trinajstić information content (AvgIpc) is 3.29. The van der Waals surface area contributed by atoms with Crippen molar-refractivity contribution in [1.82, 2.24) is 4.90 Å². The van der Waals surface area contributed by atoms with Crippen molar-refractivity contribution in [2.75, 3.05) is 13.1 Å². The van der Waals surface area contributed by atoms with E-state index in [4.69, 9.17) is 5.14 Å². The Morgan fingerprint density at radius 1 is 1.29 bits per heavy atom. The minimum Gasteiger partial charge on any atom is -0.338 e. The highest BCUT2D eigenvalue weighted by Gasteiger charge is 2.33. The van der Waals surface area contributed by atoms with E-state index < -0.39 is 10.0 Å². The molecule has 0 radical (unpaired) electrons. The van der Waals surface area contributed by atoms with Crippen LogP contribution in [-0.2, 0) is 10.0 Å². The topological polar surface area (TPSA) is 80.5 Å². The summed E-state index contributed by atoms with van der Waals surface area (Å²) >= 11 is 1.04. The Labute approximate surface area is 129 Å². The van der Waals surface area contributed by atoms with Gasteiger partial charge in [0, 0.05) is 18.5 Å². The molecular formula is C14H20N2O3S2. The van der Waals surface area contributed by atoms with E-state index in [1.807, 2.05) is 4.90 Å². The van der Waals surface area contributed by atoms with Crippen molar-refractivity contribution in [3.8, 4) is 0 Å². The summed E-state index contributed by atoms with van der Waals surface area (Å²) < 4.78 is 23.1. The fraction of sp³-hybridized carbons (Fsp3) is 0.643. The summed E-state index contributed by atoms with van der Waals surface area (Å²) in [5.41, 5.74) is 0.981. The minimum absolute atomic E-state index is 0.0440. The lowest BCUT2D eigenvalue weighted by molar-refractivity contribution is 0.0739. The van der Waals surface area contributed by atoms with Crippen LogP contribution >= 0.6 is 11.3 Å². The Hall–Kier alpha value is -0.920. The van der Waals surface area contributed by atoms with E-state index in [0.717, 1.165) is 24.4 Å². The van der Waals surface area contributed by atoms with Gasteiger partial charge in [0.15, 0.2) is 0 Å². The summed E-state index contributed by atoms with van der Waals surface area (Å²) in [4.78, 5) is 14.6. The normalized spacial score (nSPS) is 18.8. The number of primary sulfonamides is 1. The number of nitrogens with zero attached hydrogens (tertiary/aromatic N) is 1. The molecule has 1 aromatic rings. The zero-order chi connectivity index (χ0) is 15.2. The largest absolute Gasteiger partial charge is 0.338 e. The third kappa shape index (κ3) is 3.46. The summed E-state index contributed by atoms with van der Waals surface area (Å²) in [6, 6.07) is 0. The molecule has 0 aliphatic heterocycles. The predicted octanol–water partition coefficient (Wildman–Crippen LogP) is 1.97. The number of carbonyl (C=O) groups excluding carboxylic acids is 1. The number of hydrogen-bond donors (Lipinski definition) is 1. The second-order valence-corrected chi connectivity index (χ2v) is 8.84. The second kappa shape index (κ2) is 5.37. The maximum atomic E-state index is 12.7. The molecule has 0 unspecified atom stereocenters. The first-order valence-electron chi connectivity index (χ1n) is 7.26. The molecule has 5 nitrogen and oxygen atoms in total. The monoisotopic (exact) mass is 328 g/mol. The lowest BCUT2D eigenvalue weighted by Gasteiger charge is -2.22. The Bertz CT molecular complexity index is 644. The summed E-state index contributed by atoms with van der Waals surface area (Å²) in [7, 11) is -3.75. The summed E-state index contributed by atoms with van der Waals surface area (Å²) in [5.74, 6) is 1.21. The van der Waals surface area contributed by atoms with Crippen LogP contribution in [0, 0.1) is 18.8 Å². The zero-order valence-electron chi connectivity index (χ0n) is 12.0. The molecule has 2 N–H and O–H groups in total. The number of rotatable bonds is 6. The van der Waals surface area contributed by atoms with Crippen molar-refractivity contribution in [3.63, 3.8) is 0 Å². The highest BCUT2D eigenvalue weighted by molar-refractivity contribution is 7.91. The van der Waals surface area contributed by atoms with Crippen molar-refractivity contribution in [2.45, 2.75) is 36.8 Å². The van der Waals surface area contributed by atoms with Crippen molar-refractivity contribution in [1.29, 1.82) is 0 Å². The minimum atomic E-state index is -3.75. The molecule has 116 valence electrons. The SMILES string of the molecule is Cc1c(C(=O)N(CC2CC2)CC2CC2)csc1S(N)(=O)=O. The molecule has 1 aromatic heterocycles. The van der Waals surface area contributed by atoms with E-state index >= 15 is 0 Å². The van der Waals surface area contributed by atoms with E-state index in [1.54, 1.807) is 12.3 Å². The van der Waals surface area contributed by atoms with Crippen LogP contribution in [0.2, 0.25) is 0 Å². The van der Waals surface area contributed by atoms with Gasteiger partial charge in [-0.25, -0.2) is 13.6 Å². The molecule has 0 spiro atoms. The molecule has 0 atom stereocenters. The number of amides is 1. The molecule has 2 saturated carbocycles. The molecule has 0 aromatic carbocycles. The van der Waals surface area contributed by atoms with E-state index in [9.17, 15) is 13.2 Å². The van der Waals surface area contributed by atoms with Crippen LogP contribution in [0.15, 0.2) is 9.59 Å². The highest BCUT2D eigenvalue weighted by atomic mass is 32.2. The molecular weight excluding hydrogens is 308 g/mol. The van der Waals surface area contributed by atoms with Gasteiger partial charge in [-0.2, -0.15) is 0 Å². The van der Waals surface area contributed by atoms with Gasteiger partial charge < -0.3 is 4.90 Å². The van der Waals surface area contributed by atoms with Crippen molar-refractivity contribution >= 4 is 27.3 Å². The van der Waals surface area contributed by atoms with Gasteiger partial charge in [0.1, 0.15) is 4.21 Å². The van der Waals surface area contributed by atoms with Crippen LogP contribution in [0.3, 0.4) is 0 Å². The first-order chi connectivity index (χ1) is 9.86. The molecule has 2 aliphatic rings. The smallest absolute Gasteiger partial charge is 0.255 e. The molecule has 0 saturated heterocycles. The van der Waals surface area contributed by atoms with E-state index in [1.165, 1.54) is 25.7 Å². The summed E-state index contributed by atoms with van der Waals surface area (Å²) in [6.07, 6.45) is 4.78. The maximum absolute atomic E-state index is 12.7. The molecule has 21 heavy (non-hydrogen) atoms. The quantitative estimate of drug-likeness (QED) is 0.867. The van der Waals surface area contributed by atoms with Crippen LogP contribution in [0.1, 0.15) is 41.6 Å². The molecule has 2 fully saturated rings. The Balaban J connectivity index is 1.82. The van der Waals surface area contributed by atoms with Crippen molar-refractivity contribution in [2.24, 2.45) is 17.0 Å². The van der Waals surface area contributed by atoms with Crippen LogP contribution < -0.4 is 5.14 Å². The van der Waals surface area contributed by atoms with Crippen LogP contribution in [0.25, 0.3) is 0 Å². The molecule has 7 heteroatoms. The van der Waals surface area contributed by atoms with E-state index in [-0.39, 0.29) is 10.1 Å². The van der Waals surface area contributed by atoms with Gasteiger partial charge in [-0.05, 0) is 50.0 Å². The number of thiophene rings is 1. The zero-order valence-corrected chi connectivity index (χ0v) is 13.7. The Morgan fingerprint density at radius 3 is 2.19 bits per heavy atom. The third-order valence-corrected chi connectivity index (χ3v) is 6.80. The lowest BCUT2D eigenvalue weighted by Crippen LogP contribution is -2.35. The lowest BCUT2D eigenvalue weighted by atomic mass is 10.2. The first-order valence-corrected chi connectivity index (χ1v) is 9.69. The third-order valence-electron chi connectivity index (χ3n) is 4.12. The molecule has 2 aliphatic carbocycles. The van der Waals surface area contributed by atoms with Crippen molar-refractivity contribution < 1.29 is 13.2 Å². The number of hydrogen-bond acceptors (Lipinski definition) is 4. The molecule has 1 amide bonds. The van der Waals surface area contributed by atoms with Gasteiger partial charge in [-0.1, -0.05) is 0 Å². The van der Waals surface area contributed by atoms with Gasteiger partial charge in [-0.15, -0.1) is 11.3 Å². The van der Waals surface area contributed by atoms with Gasteiger partial charge in [0.05, 0.1) is 5.56 Å². The average molecular weight is 328 g/mol. The van der Waals surface area contributed by atoms with Crippen LogP contribution in [0.4, 0.5) is 0 Å². The van der Waals surface area contributed by atoms with Gasteiger partial charge in [0.25, 0.3) is 5.91 Å². The molecule has 0 bridgehead atoms. The standard InChI is InChI=1S/C14H20N2O3S2/c1-9-12(8-20-14(9)21(15,18)19)13(17)16(6-10-2-3-10)7-11-4-5-11/h8,10-11H,2-7H2,1H3,(H2,15,18,19). The highest BCUT2D eigenvalue weighted by Crippen LogP contribution is 2.35. The predicted molar refractivity (Wildman–Crippen MR) is 81.8 cm³/mol. The van der Waals surface area contributed by atoms with Gasteiger partial charge >= 0.3 is 0 Å². The fourth-order valence-electron chi connectivity index (χ4n) is 2.53. The molecule has 1 heterocycles. The Morgan fingerprint density at radius 2 is 1.81 bits per heavy atom. The van der Waals surface area contributed by atoms with Crippen molar-refractivity contribution in [3.05, 3.63) is 16.5 Å². The first kappa shape index (κ1) is 15.0. The Kier molecular flexibility index (Phi) is 3.83. The second-order valence-electron chi connectivity index (χ2n) is 6.20. The fourth-order valence-corrected chi connectivity index (χ4v) is 4.53.